The van der Waals surface area contributed by atoms with E-state index in [1.54, 1.807) is 23.1 Å². The SMILES string of the molecule is CCCCNC(=O)c1cccc(C(=O)N2CCc3ccccc32)n1. The molecule has 1 aliphatic heterocycles. The monoisotopic (exact) mass is 323 g/mol. The number of rotatable bonds is 5. The highest BCUT2D eigenvalue weighted by Gasteiger charge is 2.26. The molecule has 5 heteroatoms. The van der Waals surface area contributed by atoms with Crippen molar-refractivity contribution in [3.8, 4) is 0 Å². The van der Waals surface area contributed by atoms with Crippen molar-refractivity contribution < 1.29 is 9.59 Å². The lowest BCUT2D eigenvalue weighted by Crippen LogP contribution is -2.31. The lowest BCUT2D eigenvalue weighted by atomic mass is 10.2. The van der Waals surface area contributed by atoms with Gasteiger partial charge in [0.25, 0.3) is 11.8 Å². The molecule has 1 aliphatic rings. The van der Waals surface area contributed by atoms with E-state index in [2.05, 4.69) is 17.2 Å². The van der Waals surface area contributed by atoms with E-state index in [1.165, 1.54) is 5.56 Å². The van der Waals surface area contributed by atoms with Gasteiger partial charge >= 0.3 is 0 Å². The first-order chi connectivity index (χ1) is 11.7. The fraction of sp³-hybridized carbons (Fsp3) is 0.316. The Hall–Kier alpha value is -2.69. The Balaban J connectivity index is 1.77. The average molecular weight is 323 g/mol. The minimum Gasteiger partial charge on any atom is -0.351 e. The molecule has 24 heavy (non-hydrogen) atoms. The first kappa shape index (κ1) is 16.2. The first-order valence-electron chi connectivity index (χ1n) is 8.35. The molecule has 0 saturated heterocycles. The molecule has 0 atom stereocenters. The van der Waals surface area contributed by atoms with Crippen molar-refractivity contribution in [3.63, 3.8) is 0 Å². The quantitative estimate of drug-likeness (QED) is 0.861. The minimum absolute atomic E-state index is 0.164. The van der Waals surface area contributed by atoms with Crippen LogP contribution in [0, 0.1) is 0 Å². The number of carbonyl (C=O) groups excluding carboxylic acids is 2. The summed E-state index contributed by atoms with van der Waals surface area (Å²) < 4.78 is 0. The van der Waals surface area contributed by atoms with Crippen LogP contribution in [-0.2, 0) is 6.42 Å². The van der Waals surface area contributed by atoms with E-state index in [9.17, 15) is 9.59 Å². The minimum atomic E-state index is -0.236. The molecule has 2 amide bonds. The van der Waals surface area contributed by atoms with Crippen LogP contribution < -0.4 is 10.2 Å². The number of nitrogens with one attached hydrogen (secondary N) is 1. The third kappa shape index (κ3) is 3.30. The van der Waals surface area contributed by atoms with Gasteiger partial charge in [0.1, 0.15) is 11.4 Å². The number of pyridine rings is 1. The van der Waals surface area contributed by atoms with E-state index in [0.717, 1.165) is 24.9 Å². The van der Waals surface area contributed by atoms with Crippen molar-refractivity contribution in [2.75, 3.05) is 18.0 Å². The smallest absolute Gasteiger partial charge is 0.276 e. The zero-order valence-electron chi connectivity index (χ0n) is 13.8. The van der Waals surface area contributed by atoms with Crippen LogP contribution in [0.3, 0.4) is 0 Å². The number of amides is 2. The van der Waals surface area contributed by atoms with Gasteiger partial charge in [0.15, 0.2) is 0 Å². The van der Waals surface area contributed by atoms with Crippen LogP contribution in [0.15, 0.2) is 42.5 Å². The number of carbonyl (C=O) groups is 2. The predicted molar refractivity (Wildman–Crippen MR) is 93.3 cm³/mol. The summed E-state index contributed by atoms with van der Waals surface area (Å²) >= 11 is 0. The lowest BCUT2D eigenvalue weighted by molar-refractivity contribution is 0.0947. The maximum Gasteiger partial charge on any atom is 0.276 e. The van der Waals surface area contributed by atoms with Crippen LogP contribution in [-0.4, -0.2) is 29.9 Å². The number of benzene rings is 1. The van der Waals surface area contributed by atoms with Crippen LogP contribution in [0.5, 0.6) is 0 Å². The summed E-state index contributed by atoms with van der Waals surface area (Å²) in [5, 5.41) is 2.82. The highest BCUT2D eigenvalue weighted by molar-refractivity contribution is 6.06. The molecule has 2 aromatic rings. The molecular weight excluding hydrogens is 302 g/mol. The van der Waals surface area contributed by atoms with Crippen molar-refractivity contribution in [2.24, 2.45) is 0 Å². The molecule has 0 spiro atoms. The molecule has 0 fully saturated rings. The van der Waals surface area contributed by atoms with Gasteiger partial charge in [-0.05, 0) is 36.6 Å². The van der Waals surface area contributed by atoms with Gasteiger partial charge in [-0.25, -0.2) is 4.98 Å². The Morgan fingerprint density at radius 2 is 1.92 bits per heavy atom. The van der Waals surface area contributed by atoms with Gasteiger partial charge in [-0.3, -0.25) is 9.59 Å². The van der Waals surface area contributed by atoms with Gasteiger partial charge < -0.3 is 10.2 Å². The zero-order chi connectivity index (χ0) is 16.9. The highest BCUT2D eigenvalue weighted by Crippen LogP contribution is 2.28. The fourth-order valence-electron chi connectivity index (χ4n) is 2.84. The maximum atomic E-state index is 12.8. The van der Waals surface area contributed by atoms with Crippen LogP contribution in [0.25, 0.3) is 0 Å². The van der Waals surface area contributed by atoms with Crippen molar-refractivity contribution in [3.05, 3.63) is 59.4 Å². The van der Waals surface area contributed by atoms with Crippen LogP contribution in [0.1, 0.15) is 46.3 Å². The summed E-state index contributed by atoms with van der Waals surface area (Å²) in [6.45, 7) is 3.33. The molecule has 0 radical (unpaired) electrons. The van der Waals surface area contributed by atoms with Gasteiger partial charge in [0, 0.05) is 18.8 Å². The van der Waals surface area contributed by atoms with Gasteiger partial charge in [0.2, 0.25) is 0 Å². The van der Waals surface area contributed by atoms with Gasteiger partial charge in [0.05, 0.1) is 0 Å². The molecule has 5 nitrogen and oxygen atoms in total. The molecule has 1 aromatic heterocycles. The summed E-state index contributed by atoms with van der Waals surface area (Å²) in [6, 6.07) is 12.9. The van der Waals surface area contributed by atoms with E-state index in [4.69, 9.17) is 0 Å². The van der Waals surface area contributed by atoms with Crippen LogP contribution in [0.4, 0.5) is 5.69 Å². The third-order valence-corrected chi connectivity index (χ3v) is 4.15. The first-order valence-corrected chi connectivity index (χ1v) is 8.35. The Labute approximate surface area is 141 Å². The number of hydrogen-bond donors (Lipinski definition) is 1. The second-order valence-corrected chi connectivity index (χ2v) is 5.85. The fourth-order valence-corrected chi connectivity index (χ4v) is 2.84. The van der Waals surface area contributed by atoms with E-state index >= 15 is 0 Å². The Bertz CT molecular complexity index is 758. The topological polar surface area (TPSA) is 62.3 Å². The Morgan fingerprint density at radius 1 is 1.12 bits per heavy atom. The molecule has 1 aromatic carbocycles. The Morgan fingerprint density at radius 3 is 2.75 bits per heavy atom. The summed E-state index contributed by atoms with van der Waals surface area (Å²) in [6.07, 6.45) is 2.79. The van der Waals surface area contributed by atoms with Gasteiger partial charge in [-0.1, -0.05) is 37.6 Å². The normalized spacial score (nSPS) is 12.8. The molecule has 0 bridgehead atoms. The second-order valence-electron chi connectivity index (χ2n) is 5.85. The third-order valence-electron chi connectivity index (χ3n) is 4.15. The van der Waals surface area contributed by atoms with Crippen molar-refractivity contribution in [1.82, 2.24) is 10.3 Å². The zero-order valence-corrected chi connectivity index (χ0v) is 13.8. The predicted octanol–water partition coefficient (Wildman–Crippen LogP) is 2.81. The summed E-state index contributed by atoms with van der Waals surface area (Å²) in [5.41, 5.74) is 2.68. The van der Waals surface area contributed by atoms with E-state index in [0.29, 0.717) is 18.8 Å². The van der Waals surface area contributed by atoms with Crippen molar-refractivity contribution in [1.29, 1.82) is 0 Å². The maximum absolute atomic E-state index is 12.8. The summed E-state index contributed by atoms with van der Waals surface area (Å²) in [5.74, 6) is -0.400. The molecule has 2 heterocycles. The van der Waals surface area contributed by atoms with Crippen molar-refractivity contribution in [2.45, 2.75) is 26.2 Å². The number of aromatic nitrogens is 1. The highest BCUT2D eigenvalue weighted by atomic mass is 16.2. The number of fused-ring (bicyclic) bond motifs is 1. The summed E-state index contributed by atoms with van der Waals surface area (Å²) in [4.78, 5) is 30.9. The molecule has 1 N–H and O–H groups in total. The standard InChI is InChI=1S/C19H21N3O2/c1-2-3-12-20-18(23)15-8-6-9-16(21-15)19(24)22-13-11-14-7-4-5-10-17(14)22/h4-10H,2-3,11-13H2,1H3,(H,20,23). The van der Waals surface area contributed by atoms with E-state index in [-0.39, 0.29) is 17.5 Å². The second kappa shape index (κ2) is 7.25. The van der Waals surface area contributed by atoms with Crippen LogP contribution >= 0.6 is 0 Å². The molecule has 0 saturated carbocycles. The number of nitrogens with zero attached hydrogens (tertiary/aromatic N) is 2. The van der Waals surface area contributed by atoms with Gasteiger partial charge in [-0.15, -0.1) is 0 Å². The number of hydrogen-bond acceptors (Lipinski definition) is 3. The van der Waals surface area contributed by atoms with Gasteiger partial charge in [-0.2, -0.15) is 0 Å². The Kier molecular flexibility index (Phi) is 4.89. The number of para-hydroxylation sites is 1. The molecule has 0 aliphatic carbocycles. The average Bonchev–Trinajstić information content (AvgIpc) is 3.05. The largest absolute Gasteiger partial charge is 0.351 e. The summed E-state index contributed by atoms with van der Waals surface area (Å²) in [7, 11) is 0. The molecular formula is C19H21N3O2. The van der Waals surface area contributed by atoms with E-state index < -0.39 is 0 Å². The molecule has 3 rings (SSSR count). The number of unbranched alkanes of at least 4 members (excludes halogenated alkanes) is 1. The van der Waals surface area contributed by atoms with Crippen molar-refractivity contribution >= 4 is 17.5 Å². The molecule has 124 valence electrons. The van der Waals surface area contributed by atoms with E-state index in [1.807, 2.05) is 24.3 Å². The van der Waals surface area contributed by atoms with Crippen LogP contribution in [0.2, 0.25) is 0 Å². The molecule has 0 unspecified atom stereocenters. The lowest BCUT2D eigenvalue weighted by Gasteiger charge is -2.17. The number of anilines is 1.